The molecule has 236 valence electrons. The Morgan fingerprint density at radius 2 is 1.71 bits per heavy atom. The minimum atomic E-state index is -1.80. The molecule has 4 fully saturated rings. The Morgan fingerprint density at radius 1 is 1.05 bits per heavy atom. The number of hydrogen-bond acceptors (Lipinski definition) is 5. The van der Waals surface area contributed by atoms with Crippen LogP contribution in [-0.4, -0.2) is 55.3 Å². The van der Waals surface area contributed by atoms with E-state index in [2.05, 4.69) is 74.6 Å². The highest BCUT2D eigenvalue weighted by Gasteiger charge is 2.71. The lowest BCUT2D eigenvalue weighted by Crippen LogP contribution is -2.64. The fourth-order valence-corrected chi connectivity index (χ4v) is 11.5. The molecule has 0 aromatic carbocycles. The van der Waals surface area contributed by atoms with Gasteiger partial charge in [0, 0.05) is 23.9 Å². The van der Waals surface area contributed by atoms with E-state index in [0.29, 0.717) is 49.4 Å². The number of ether oxygens (including phenoxy) is 2. The van der Waals surface area contributed by atoms with Gasteiger partial charge in [-0.25, -0.2) is 0 Å². The Morgan fingerprint density at radius 3 is 2.32 bits per heavy atom. The lowest BCUT2D eigenvalue weighted by atomic mass is 9.46. The maximum Gasteiger partial charge on any atom is 0.192 e. The summed E-state index contributed by atoms with van der Waals surface area (Å²) >= 11 is 0. The number of rotatable bonds is 7. The molecule has 0 spiro atoms. The van der Waals surface area contributed by atoms with Gasteiger partial charge in [0.1, 0.15) is 5.60 Å². The van der Waals surface area contributed by atoms with E-state index in [-0.39, 0.29) is 21.8 Å². The molecular formula is C35H62O5Si. The molecule has 5 nitrogen and oxygen atoms in total. The molecule has 4 aliphatic carbocycles. The second-order valence-corrected chi connectivity index (χ2v) is 22.0. The highest BCUT2D eigenvalue weighted by atomic mass is 28.4. The minimum Gasteiger partial charge on any atom is -0.414 e. The molecule has 1 saturated heterocycles. The molecule has 5 aliphatic rings. The predicted molar refractivity (Wildman–Crippen MR) is 168 cm³/mol. The Bertz CT molecular complexity index is 995. The van der Waals surface area contributed by atoms with Gasteiger partial charge in [-0.1, -0.05) is 67.0 Å². The Labute approximate surface area is 252 Å². The third kappa shape index (κ3) is 4.97. The van der Waals surface area contributed by atoms with Crippen LogP contribution < -0.4 is 0 Å². The van der Waals surface area contributed by atoms with Crippen molar-refractivity contribution in [3.63, 3.8) is 0 Å². The summed E-state index contributed by atoms with van der Waals surface area (Å²) in [6, 6.07) is 0. The van der Waals surface area contributed by atoms with E-state index in [1.54, 1.807) is 5.57 Å². The van der Waals surface area contributed by atoms with E-state index < -0.39 is 25.8 Å². The van der Waals surface area contributed by atoms with Crippen molar-refractivity contribution in [2.24, 2.45) is 40.4 Å². The molecule has 1 heterocycles. The van der Waals surface area contributed by atoms with Gasteiger partial charge in [0.15, 0.2) is 14.1 Å². The number of aliphatic hydroxyl groups is 2. The van der Waals surface area contributed by atoms with Crippen LogP contribution in [0.3, 0.4) is 0 Å². The number of hydrogen-bond donors (Lipinski definition) is 2. The summed E-state index contributed by atoms with van der Waals surface area (Å²) in [4.78, 5) is 0. The maximum absolute atomic E-state index is 12.7. The van der Waals surface area contributed by atoms with Crippen LogP contribution in [0, 0.1) is 40.4 Å². The van der Waals surface area contributed by atoms with Gasteiger partial charge >= 0.3 is 0 Å². The summed E-state index contributed by atoms with van der Waals surface area (Å²) in [6.07, 6.45) is 11.1. The Kier molecular flexibility index (Phi) is 8.38. The summed E-state index contributed by atoms with van der Waals surface area (Å²) < 4.78 is 19.6. The first kappa shape index (κ1) is 32.2. The van der Waals surface area contributed by atoms with Crippen LogP contribution in [-0.2, 0) is 13.9 Å². The van der Waals surface area contributed by atoms with Crippen LogP contribution in [0.5, 0.6) is 0 Å². The molecule has 6 heteroatoms. The molecule has 41 heavy (non-hydrogen) atoms. The van der Waals surface area contributed by atoms with Gasteiger partial charge in [-0.2, -0.15) is 0 Å². The first-order valence-corrected chi connectivity index (χ1v) is 19.9. The van der Waals surface area contributed by atoms with Crippen molar-refractivity contribution in [3.05, 3.63) is 11.6 Å². The van der Waals surface area contributed by atoms with Crippen molar-refractivity contribution in [3.8, 4) is 0 Å². The highest BCUT2D eigenvalue weighted by Crippen LogP contribution is 2.69. The van der Waals surface area contributed by atoms with Crippen molar-refractivity contribution in [1.29, 1.82) is 0 Å². The molecule has 0 aromatic heterocycles. The zero-order valence-corrected chi connectivity index (χ0v) is 29.0. The SMILES string of the molecule is CC(C)CCC1([C@@H](C)[C@@]2(O)[C@@H](O)C[C@H]3[C@@H]4CC=C5C[C@@H](O[Si](C)(C)C(C)(C)C)CC[C@]5(C)[C@H]4CC[C@@]32C)OCCO1. The minimum absolute atomic E-state index is 0.199. The molecular weight excluding hydrogens is 528 g/mol. The van der Waals surface area contributed by atoms with Crippen molar-refractivity contribution in [2.45, 2.75) is 155 Å². The molecule has 0 bridgehead atoms. The van der Waals surface area contributed by atoms with Crippen LogP contribution >= 0.6 is 0 Å². The summed E-state index contributed by atoms with van der Waals surface area (Å²) in [5.74, 6) is 0.804. The molecule has 2 N–H and O–H groups in total. The molecule has 1 aliphatic heterocycles. The monoisotopic (exact) mass is 590 g/mol. The largest absolute Gasteiger partial charge is 0.414 e. The lowest BCUT2D eigenvalue weighted by Gasteiger charge is -2.60. The van der Waals surface area contributed by atoms with E-state index >= 15 is 0 Å². The van der Waals surface area contributed by atoms with Gasteiger partial charge in [0.2, 0.25) is 0 Å². The fourth-order valence-electron chi connectivity index (χ4n) is 10.1. The maximum atomic E-state index is 12.7. The molecule has 0 aromatic rings. The van der Waals surface area contributed by atoms with Crippen LogP contribution in [0.2, 0.25) is 18.1 Å². The van der Waals surface area contributed by atoms with Gasteiger partial charge in [-0.15, -0.1) is 0 Å². The average molecular weight is 591 g/mol. The summed E-state index contributed by atoms with van der Waals surface area (Å²) in [7, 11) is -1.80. The second kappa shape index (κ2) is 10.7. The average Bonchev–Trinajstić information content (AvgIpc) is 3.44. The van der Waals surface area contributed by atoms with Crippen molar-refractivity contribution in [1.82, 2.24) is 0 Å². The first-order valence-electron chi connectivity index (χ1n) is 17.0. The van der Waals surface area contributed by atoms with Gasteiger partial charge in [0.05, 0.1) is 19.3 Å². The Balaban J connectivity index is 1.39. The zero-order chi connectivity index (χ0) is 30.2. The smallest absolute Gasteiger partial charge is 0.192 e. The van der Waals surface area contributed by atoms with E-state index in [0.717, 1.165) is 44.9 Å². The zero-order valence-electron chi connectivity index (χ0n) is 28.0. The normalized spacial score (nSPS) is 43.3. The fraction of sp³-hybridized carbons (Fsp3) is 0.943. The highest BCUT2D eigenvalue weighted by molar-refractivity contribution is 6.74. The lowest BCUT2D eigenvalue weighted by molar-refractivity contribution is -0.279. The van der Waals surface area contributed by atoms with Crippen LogP contribution in [0.1, 0.15) is 113 Å². The van der Waals surface area contributed by atoms with Gasteiger partial charge in [-0.05, 0) is 98.6 Å². The van der Waals surface area contributed by atoms with Crippen LogP contribution in [0.25, 0.3) is 0 Å². The van der Waals surface area contributed by atoms with E-state index in [1.165, 1.54) is 6.42 Å². The van der Waals surface area contributed by atoms with Gasteiger partial charge in [0.25, 0.3) is 0 Å². The summed E-state index contributed by atoms with van der Waals surface area (Å²) in [5.41, 5.74) is 0.228. The molecule has 3 saturated carbocycles. The number of allylic oxidation sites excluding steroid dienone is 1. The molecule has 5 rings (SSSR count). The molecule has 0 radical (unpaired) electrons. The number of fused-ring (bicyclic) bond motifs is 5. The van der Waals surface area contributed by atoms with Crippen molar-refractivity contribution in [2.75, 3.05) is 13.2 Å². The topological polar surface area (TPSA) is 68.2 Å². The third-order valence-electron chi connectivity index (χ3n) is 13.8. The Hall–Kier alpha value is -0.243. The molecule has 0 amide bonds. The standard InChI is InChI=1S/C35H62O5Si/c1-23(2)13-18-34(38-19-20-39-34)24(3)35(37)30(36)22-29-27-12-11-25-21-26(40-41(9,10)31(4,5)6)14-16-32(25,7)28(27)15-17-33(29,35)8/h11,23-24,26-30,36-37H,12-22H2,1-10H3/t24-,26+,27-,28+,29+,30+,32+,33+,35-/m1/s1. The predicted octanol–water partition coefficient (Wildman–Crippen LogP) is 7.86. The quantitative estimate of drug-likeness (QED) is 0.233. The van der Waals surface area contributed by atoms with E-state index in [4.69, 9.17) is 13.9 Å². The van der Waals surface area contributed by atoms with E-state index in [9.17, 15) is 10.2 Å². The summed E-state index contributed by atoms with van der Waals surface area (Å²) in [5, 5.41) is 24.7. The van der Waals surface area contributed by atoms with E-state index in [1.807, 2.05) is 0 Å². The van der Waals surface area contributed by atoms with Crippen molar-refractivity contribution < 1.29 is 24.1 Å². The van der Waals surface area contributed by atoms with Crippen molar-refractivity contribution >= 4 is 8.32 Å². The van der Waals surface area contributed by atoms with Crippen LogP contribution in [0.4, 0.5) is 0 Å². The first-order chi connectivity index (χ1) is 18.9. The summed E-state index contributed by atoms with van der Waals surface area (Å²) in [6.45, 7) is 24.3. The second-order valence-electron chi connectivity index (χ2n) is 17.2. The van der Waals surface area contributed by atoms with Gasteiger partial charge < -0.3 is 24.1 Å². The number of aliphatic hydroxyl groups excluding tert-OH is 1. The molecule has 9 atom stereocenters. The molecule has 0 unspecified atom stereocenters. The van der Waals surface area contributed by atoms with Gasteiger partial charge in [-0.3, -0.25) is 0 Å². The third-order valence-corrected chi connectivity index (χ3v) is 18.3. The van der Waals surface area contributed by atoms with Crippen LogP contribution in [0.15, 0.2) is 11.6 Å².